The normalized spacial score (nSPS) is 25.6. The molecule has 1 aromatic heterocycles. The lowest BCUT2D eigenvalue weighted by Crippen LogP contribution is -2.12. The third-order valence-corrected chi connectivity index (χ3v) is 4.75. The molecule has 1 aliphatic carbocycles. The number of carboxylic acids is 1. The molecule has 0 spiro atoms. The van der Waals surface area contributed by atoms with Gasteiger partial charge in [0.05, 0.1) is 0 Å². The highest BCUT2D eigenvalue weighted by molar-refractivity contribution is 7.14. The molecule has 1 aromatic rings. The van der Waals surface area contributed by atoms with Gasteiger partial charge < -0.3 is 5.11 Å². The molecule has 1 N–H and O–H groups in total. The van der Waals surface area contributed by atoms with Crippen molar-refractivity contribution in [1.29, 1.82) is 0 Å². The van der Waals surface area contributed by atoms with Crippen LogP contribution in [0.25, 0.3) is 0 Å². The van der Waals surface area contributed by atoms with E-state index in [0.29, 0.717) is 16.2 Å². The van der Waals surface area contributed by atoms with Crippen molar-refractivity contribution < 1.29 is 9.90 Å². The third-order valence-electron chi connectivity index (χ3n) is 3.26. The van der Waals surface area contributed by atoms with Crippen LogP contribution in [0.2, 0.25) is 0 Å². The topological polar surface area (TPSA) is 37.3 Å². The molecule has 2 rings (SSSR count). The maximum atomic E-state index is 10.9. The van der Waals surface area contributed by atoms with Crippen LogP contribution in [0.5, 0.6) is 0 Å². The van der Waals surface area contributed by atoms with Gasteiger partial charge in [-0.2, -0.15) is 0 Å². The smallest absolute Gasteiger partial charge is 0.345 e. The largest absolute Gasteiger partial charge is 0.477 e. The number of carbonyl (C=O) groups is 1. The van der Waals surface area contributed by atoms with Crippen LogP contribution in [0.15, 0.2) is 6.07 Å². The lowest BCUT2D eigenvalue weighted by molar-refractivity contribution is 0.0702. The van der Waals surface area contributed by atoms with Gasteiger partial charge in [0, 0.05) is 10.3 Å². The number of halogens is 1. The maximum Gasteiger partial charge on any atom is 0.345 e. The molecule has 0 radical (unpaired) electrons. The van der Waals surface area contributed by atoms with Gasteiger partial charge in [-0.1, -0.05) is 0 Å². The molecule has 0 aromatic carbocycles. The highest BCUT2D eigenvalue weighted by Crippen LogP contribution is 2.38. The van der Waals surface area contributed by atoms with E-state index in [1.54, 1.807) is 0 Å². The Kier molecular flexibility index (Phi) is 3.55. The van der Waals surface area contributed by atoms with Gasteiger partial charge in [-0.25, -0.2) is 4.79 Å². The van der Waals surface area contributed by atoms with Gasteiger partial charge in [0.15, 0.2) is 0 Å². The van der Waals surface area contributed by atoms with Gasteiger partial charge >= 0.3 is 5.97 Å². The van der Waals surface area contributed by atoms with E-state index >= 15 is 0 Å². The molecular weight excluding hydrogens is 244 g/mol. The van der Waals surface area contributed by atoms with Crippen molar-refractivity contribution in [2.24, 2.45) is 0 Å². The van der Waals surface area contributed by atoms with E-state index in [9.17, 15) is 4.79 Å². The van der Waals surface area contributed by atoms with Crippen LogP contribution in [0.3, 0.4) is 0 Å². The molecule has 88 valence electrons. The van der Waals surface area contributed by atoms with Crippen molar-refractivity contribution in [1.82, 2.24) is 0 Å². The molecule has 1 fully saturated rings. The molecule has 2 nitrogen and oxygen atoms in total. The molecule has 1 aliphatic rings. The highest BCUT2D eigenvalue weighted by Gasteiger charge is 2.24. The summed E-state index contributed by atoms with van der Waals surface area (Å²) >= 11 is 7.46. The second kappa shape index (κ2) is 4.76. The summed E-state index contributed by atoms with van der Waals surface area (Å²) in [5, 5.41) is 9.27. The Morgan fingerprint density at radius 2 is 2.06 bits per heavy atom. The fourth-order valence-corrected chi connectivity index (χ4v) is 3.57. The van der Waals surface area contributed by atoms with E-state index in [-0.39, 0.29) is 0 Å². The second-order valence-electron chi connectivity index (χ2n) is 4.38. The van der Waals surface area contributed by atoms with Crippen LogP contribution in [0, 0.1) is 6.92 Å². The molecular formula is C12H15ClO2S. The maximum absolute atomic E-state index is 10.9. The summed E-state index contributed by atoms with van der Waals surface area (Å²) in [7, 11) is 0. The molecule has 0 bridgehead atoms. The summed E-state index contributed by atoms with van der Waals surface area (Å²) in [4.78, 5) is 12.5. The lowest BCUT2D eigenvalue weighted by atomic mass is 9.84. The average Bonchev–Trinajstić information content (AvgIpc) is 2.62. The van der Waals surface area contributed by atoms with E-state index in [1.165, 1.54) is 16.9 Å². The molecule has 4 heteroatoms. The number of alkyl halides is 1. The van der Waals surface area contributed by atoms with E-state index in [0.717, 1.165) is 30.6 Å². The first-order valence-electron chi connectivity index (χ1n) is 5.55. The predicted octanol–water partition coefficient (Wildman–Crippen LogP) is 4.02. The van der Waals surface area contributed by atoms with Gasteiger partial charge in [-0.3, -0.25) is 0 Å². The van der Waals surface area contributed by atoms with E-state index in [4.69, 9.17) is 16.7 Å². The minimum Gasteiger partial charge on any atom is -0.477 e. The number of aromatic carboxylic acids is 1. The number of thiophene rings is 1. The van der Waals surface area contributed by atoms with Gasteiger partial charge in [0.1, 0.15) is 4.88 Å². The molecule has 1 saturated carbocycles. The van der Waals surface area contributed by atoms with Crippen LogP contribution in [0.4, 0.5) is 0 Å². The standard InChI is InChI=1S/C12H15ClO2S/c1-7-10(6-11(16-7)12(14)15)8-2-4-9(13)5-3-8/h6,8-9H,2-5H2,1H3,(H,14,15). The Balaban J connectivity index is 2.17. The van der Waals surface area contributed by atoms with Gasteiger partial charge in [0.2, 0.25) is 0 Å². The van der Waals surface area contributed by atoms with Crippen LogP contribution in [-0.2, 0) is 0 Å². The Bertz CT molecular complexity index is 392. The number of aryl methyl sites for hydroxylation is 1. The minimum atomic E-state index is -0.814. The summed E-state index contributed by atoms with van der Waals surface area (Å²) in [6.07, 6.45) is 4.27. The second-order valence-corrected chi connectivity index (χ2v) is 6.25. The first-order valence-corrected chi connectivity index (χ1v) is 6.81. The average molecular weight is 259 g/mol. The number of rotatable bonds is 2. The Morgan fingerprint density at radius 3 is 2.56 bits per heavy atom. The highest BCUT2D eigenvalue weighted by atomic mass is 35.5. The molecule has 0 unspecified atom stereocenters. The molecule has 0 amide bonds. The molecule has 16 heavy (non-hydrogen) atoms. The Morgan fingerprint density at radius 1 is 1.44 bits per heavy atom. The van der Waals surface area contributed by atoms with Crippen molar-refractivity contribution in [2.45, 2.75) is 43.9 Å². The first kappa shape index (κ1) is 11.9. The van der Waals surface area contributed by atoms with Crippen LogP contribution >= 0.6 is 22.9 Å². The van der Waals surface area contributed by atoms with Crippen molar-refractivity contribution in [3.05, 3.63) is 21.4 Å². The molecule has 0 saturated heterocycles. The van der Waals surface area contributed by atoms with Crippen LogP contribution in [-0.4, -0.2) is 16.5 Å². The zero-order chi connectivity index (χ0) is 11.7. The fourth-order valence-electron chi connectivity index (χ4n) is 2.37. The van der Waals surface area contributed by atoms with Gasteiger partial charge in [-0.15, -0.1) is 22.9 Å². The van der Waals surface area contributed by atoms with Crippen molar-refractivity contribution in [2.75, 3.05) is 0 Å². The molecule has 1 heterocycles. The lowest BCUT2D eigenvalue weighted by Gasteiger charge is -2.25. The Labute approximate surface area is 104 Å². The van der Waals surface area contributed by atoms with Crippen molar-refractivity contribution >= 4 is 28.9 Å². The quantitative estimate of drug-likeness (QED) is 0.814. The van der Waals surface area contributed by atoms with Crippen LogP contribution in [0.1, 0.15) is 51.7 Å². The summed E-state index contributed by atoms with van der Waals surface area (Å²) in [6.45, 7) is 2.01. The van der Waals surface area contributed by atoms with Crippen molar-refractivity contribution in [3.63, 3.8) is 0 Å². The summed E-state index contributed by atoms with van der Waals surface area (Å²) in [5.74, 6) is -0.301. The Hall–Kier alpha value is -0.540. The minimum absolute atomic E-state index is 0.314. The zero-order valence-electron chi connectivity index (χ0n) is 9.20. The number of carboxylic acid groups (broad SMARTS) is 1. The van der Waals surface area contributed by atoms with Crippen LogP contribution < -0.4 is 0 Å². The fraction of sp³-hybridized carbons (Fsp3) is 0.583. The van der Waals surface area contributed by atoms with Gasteiger partial charge in [0.25, 0.3) is 0 Å². The van der Waals surface area contributed by atoms with Crippen molar-refractivity contribution in [3.8, 4) is 0 Å². The molecule has 0 atom stereocenters. The van der Waals surface area contributed by atoms with E-state index in [2.05, 4.69) is 0 Å². The molecule has 0 aliphatic heterocycles. The van der Waals surface area contributed by atoms with E-state index < -0.39 is 5.97 Å². The van der Waals surface area contributed by atoms with E-state index in [1.807, 2.05) is 13.0 Å². The third kappa shape index (κ3) is 2.41. The number of hydrogen-bond acceptors (Lipinski definition) is 2. The summed E-state index contributed by atoms with van der Waals surface area (Å²) in [6, 6.07) is 1.85. The predicted molar refractivity (Wildman–Crippen MR) is 66.9 cm³/mol. The SMILES string of the molecule is Cc1sc(C(=O)O)cc1C1CCC(Cl)CC1. The summed E-state index contributed by atoms with van der Waals surface area (Å²) < 4.78 is 0. The zero-order valence-corrected chi connectivity index (χ0v) is 10.8. The first-order chi connectivity index (χ1) is 7.58. The summed E-state index contributed by atoms with van der Waals surface area (Å²) in [5.41, 5.74) is 1.23. The monoisotopic (exact) mass is 258 g/mol. The van der Waals surface area contributed by atoms with Gasteiger partial charge in [-0.05, 0) is 50.2 Å². The number of hydrogen-bond donors (Lipinski definition) is 1.